The summed E-state index contributed by atoms with van der Waals surface area (Å²) in [6.07, 6.45) is 5.48. The molecule has 7 rings (SSSR count). The Morgan fingerprint density at radius 1 is 0.775 bits per heavy atom. The summed E-state index contributed by atoms with van der Waals surface area (Å²) in [7, 11) is 0. The lowest BCUT2D eigenvalue weighted by Crippen LogP contribution is -2.14. The van der Waals surface area contributed by atoms with Gasteiger partial charge in [0.15, 0.2) is 0 Å². The number of rotatable bonds is 5. The maximum Gasteiger partial charge on any atom is 0.264 e. The highest BCUT2D eigenvalue weighted by Crippen LogP contribution is 2.41. The summed E-state index contributed by atoms with van der Waals surface area (Å²) >= 11 is 6.83. The molecule has 4 heteroatoms. The second-order valence-corrected chi connectivity index (χ2v) is 10.2. The Hall–Kier alpha value is -4.99. The molecular formula is C36H23ClN2O. The van der Waals surface area contributed by atoms with Gasteiger partial charge >= 0.3 is 0 Å². The van der Waals surface area contributed by atoms with Crippen molar-refractivity contribution in [3.05, 3.63) is 149 Å². The highest BCUT2D eigenvalue weighted by Gasteiger charge is 2.22. The maximum absolute atomic E-state index is 14.3. The number of allylic oxidation sites excluding steroid dienone is 4. The van der Waals surface area contributed by atoms with E-state index in [-0.39, 0.29) is 5.56 Å². The average Bonchev–Trinajstić information content (AvgIpc) is 3.39. The molecule has 0 aliphatic rings. The molecule has 0 bridgehead atoms. The van der Waals surface area contributed by atoms with Crippen LogP contribution in [0.5, 0.6) is 0 Å². The molecule has 0 saturated carbocycles. The van der Waals surface area contributed by atoms with Gasteiger partial charge < -0.3 is 0 Å². The Morgan fingerprint density at radius 3 is 2.12 bits per heavy atom. The molecule has 7 aromatic rings. The number of pyridine rings is 1. The predicted molar refractivity (Wildman–Crippen MR) is 169 cm³/mol. The van der Waals surface area contributed by atoms with Gasteiger partial charge in [-0.2, -0.15) is 0 Å². The van der Waals surface area contributed by atoms with Gasteiger partial charge in [0.25, 0.3) is 5.56 Å². The zero-order valence-electron chi connectivity index (χ0n) is 21.6. The number of nitrogens with zero attached hydrogens (tertiary/aromatic N) is 2. The van der Waals surface area contributed by atoms with Crippen LogP contribution in [0.15, 0.2) is 133 Å². The van der Waals surface area contributed by atoms with Gasteiger partial charge in [0.05, 0.1) is 11.0 Å². The fourth-order valence-corrected chi connectivity index (χ4v) is 6.06. The van der Waals surface area contributed by atoms with E-state index in [2.05, 4.69) is 43.5 Å². The second-order valence-electron chi connectivity index (χ2n) is 9.77. The van der Waals surface area contributed by atoms with Crippen LogP contribution in [-0.2, 0) is 0 Å². The maximum atomic E-state index is 14.3. The monoisotopic (exact) mass is 534 g/mol. The van der Waals surface area contributed by atoms with Gasteiger partial charge in [0.1, 0.15) is 5.65 Å². The third-order valence-corrected chi connectivity index (χ3v) is 7.87. The van der Waals surface area contributed by atoms with Crippen LogP contribution in [0.4, 0.5) is 0 Å². The van der Waals surface area contributed by atoms with Gasteiger partial charge in [-0.05, 0) is 58.2 Å². The van der Waals surface area contributed by atoms with Crippen molar-refractivity contribution in [3.8, 4) is 22.3 Å². The molecule has 5 aromatic carbocycles. The smallest absolute Gasteiger partial charge is 0.264 e. The third kappa shape index (κ3) is 3.52. The Bertz CT molecular complexity index is 2210. The van der Waals surface area contributed by atoms with E-state index in [1.54, 1.807) is 10.5 Å². The molecule has 0 aliphatic carbocycles. The zero-order valence-corrected chi connectivity index (χ0v) is 22.3. The molecule has 0 saturated heterocycles. The summed E-state index contributed by atoms with van der Waals surface area (Å²) in [5.74, 6) is 0. The summed E-state index contributed by atoms with van der Waals surface area (Å²) in [5, 5.41) is 3.80. The molecule has 40 heavy (non-hydrogen) atoms. The highest BCUT2D eigenvalue weighted by molar-refractivity contribution is 6.39. The SMILES string of the molecule is C=C/C=C(\C=C)c1cc(-c2ccccc2)c2c(c1)nc1c3ccc(Cl)c4c(-c5ccccc5)ccc(c(=O)n12)c43. The first kappa shape index (κ1) is 24.1. The van der Waals surface area contributed by atoms with Crippen LogP contribution in [0.1, 0.15) is 5.56 Å². The molecule has 0 spiro atoms. The number of hydrogen-bond acceptors (Lipinski definition) is 2. The topological polar surface area (TPSA) is 34.4 Å². The van der Waals surface area contributed by atoms with E-state index in [1.807, 2.05) is 78.9 Å². The Morgan fingerprint density at radius 2 is 1.45 bits per heavy atom. The number of imidazole rings is 1. The van der Waals surface area contributed by atoms with E-state index >= 15 is 0 Å². The number of halogens is 1. The summed E-state index contributed by atoms with van der Waals surface area (Å²) in [6, 6.07) is 32.1. The first-order chi connectivity index (χ1) is 19.6. The lowest BCUT2D eigenvalue weighted by molar-refractivity contribution is 1.19. The molecule has 0 unspecified atom stereocenters. The predicted octanol–water partition coefficient (Wildman–Crippen LogP) is 9.33. The summed E-state index contributed by atoms with van der Waals surface area (Å²) in [4.78, 5) is 19.4. The minimum absolute atomic E-state index is 0.118. The molecule has 0 N–H and O–H groups in total. The van der Waals surface area contributed by atoms with Crippen LogP contribution in [0.25, 0.3) is 66.1 Å². The van der Waals surface area contributed by atoms with E-state index < -0.39 is 0 Å². The van der Waals surface area contributed by atoms with Crippen molar-refractivity contribution in [1.82, 2.24) is 9.38 Å². The quantitative estimate of drug-likeness (QED) is 0.206. The largest absolute Gasteiger partial charge is 0.268 e. The average molecular weight is 535 g/mol. The molecule has 3 nitrogen and oxygen atoms in total. The Labute approximate surface area is 236 Å². The van der Waals surface area contributed by atoms with Crippen molar-refractivity contribution in [1.29, 1.82) is 0 Å². The molecule has 0 atom stereocenters. The number of benzene rings is 5. The molecule has 2 aromatic heterocycles. The second kappa shape index (κ2) is 9.33. The normalized spacial score (nSPS) is 12.1. The van der Waals surface area contributed by atoms with Gasteiger partial charge in [-0.25, -0.2) is 4.98 Å². The fraction of sp³-hybridized carbons (Fsp3) is 0. The number of fused-ring (bicyclic) bond motifs is 4. The Kier molecular flexibility index (Phi) is 5.62. The zero-order chi connectivity index (χ0) is 27.4. The first-order valence-corrected chi connectivity index (χ1v) is 13.4. The van der Waals surface area contributed by atoms with Crippen molar-refractivity contribution in [3.63, 3.8) is 0 Å². The summed E-state index contributed by atoms with van der Waals surface area (Å²) in [6.45, 7) is 7.86. The van der Waals surface area contributed by atoms with Crippen LogP contribution in [0, 0.1) is 0 Å². The van der Waals surface area contributed by atoms with Crippen LogP contribution in [0.3, 0.4) is 0 Å². The standard InChI is InChI=1S/C36H23ClN2O/c1-3-11-22(4-2)25-20-29(24-14-9-6-10-15-24)34-31(21-25)38-35-27-18-19-30(37)33-26(23-12-7-5-8-13-23)16-17-28(32(27)33)36(40)39(34)35/h3-21H,1-2H2/b22-11+. The highest BCUT2D eigenvalue weighted by atomic mass is 35.5. The molecule has 0 fully saturated rings. The molecular weight excluding hydrogens is 512 g/mol. The summed E-state index contributed by atoms with van der Waals surface area (Å²) in [5.41, 5.74) is 7.83. The number of aromatic nitrogens is 2. The molecule has 2 heterocycles. The lowest BCUT2D eigenvalue weighted by atomic mass is 9.94. The van der Waals surface area contributed by atoms with Crippen molar-refractivity contribution >= 4 is 55.4 Å². The van der Waals surface area contributed by atoms with Crippen LogP contribution in [-0.4, -0.2) is 9.38 Å². The van der Waals surface area contributed by atoms with Crippen molar-refractivity contribution < 1.29 is 0 Å². The van der Waals surface area contributed by atoms with Gasteiger partial charge in [0.2, 0.25) is 0 Å². The number of hydrogen-bond donors (Lipinski definition) is 0. The van der Waals surface area contributed by atoms with E-state index in [0.29, 0.717) is 16.1 Å². The van der Waals surface area contributed by atoms with Gasteiger partial charge in [0, 0.05) is 32.1 Å². The van der Waals surface area contributed by atoms with E-state index in [9.17, 15) is 4.79 Å². The Balaban J connectivity index is 1.68. The van der Waals surface area contributed by atoms with Gasteiger partial charge in [-0.1, -0.05) is 110 Å². The molecule has 0 radical (unpaired) electrons. The van der Waals surface area contributed by atoms with Crippen molar-refractivity contribution in [2.24, 2.45) is 0 Å². The van der Waals surface area contributed by atoms with E-state index in [1.165, 1.54) is 0 Å². The molecule has 0 aliphatic heterocycles. The van der Waals surface area contributed by atoms with Crippen LogP contribution in [0.2, 0.25) is 5.02 Å². The fourth-order valence-electron chi connectivity index (χ4n) is 5.80. The van der Waals surface area contributed by atoms with Gasteiger partial charge in [-0.15, -0.1) is 0 Å². The van der Waals surface area contributed by atoms with E-state index in [0.717, 1.165) is 60.6 Å². The van der Waals surface area contributed by atoms with Gasteiger partial charge in [-0.3, -0.25) is 9.20 Å². The molecule has 190 valence electrons. The minimum Gasteiger partial charge on any atom is -0.268 e. The van der Waals surface area contributed by atoms with E-state index in [4.69, 9.17) is 16.6 Å². The molecule has 0 amide bonds. The summed E-state index contributed by atoms with van der Waals surface area (Å²) < 4.78 is 1.76. The lowest BCUT2D eigenvalue weighted by Gasteiger charge is -2.14. The third-order valence-electron chi connectivity index (χ3n) is 7.56. The minimum atomic E-state index is -0.118. The van der Waals surface area contributed by atoms with Crippen LogP contribution < -0.4 is 5.56 Å². The first-order valence-electron chi connectivity index (χ1n) is 13.0. The van der Waals surface area contributed by atoms with Crippen molar-refractivity contribution in [2.45, 2.75) is 0 Å². The van der Waals surface area contributed by atoms with Crippen molar-refractivity contribution in [2.75, 3.05) is 0 Å². The van der Waals surface area contributed by atoms with Crippen LogP contribution >= 0.6 is 11.6 Å².